The second-order valence-electron chi connectivity index (χ2n) is 6.82. The highest BCUT2D eigenvalue weighted by atomic mass is 16.3. The second-order valence-corrected chi connectivity index (χ2v) is 6.82. The normalized spacial score (nSPS) is 20.0. The number of rotatable bonds is 6. The highest BCUT2D eigenvalue weighted by Crippen LogP contribution is 2.39. The summed E-state index contributed by atoms with van der Waals surface area (Å²) < 4.78 is 5.62. The van der Waals surface area contributed by atoms with E-state index in [-0.39, 0.29) is 11.9 Å². The average molecular weight is 328 g/mol. The van der Waals surface area contributed by atoms with Gasteiger partial charge in [0.2, 0.25) is 0 Å². The Kier molecular flexibility index (Phi) is 4.38. The van der Waals surface area contributed by atoms with Crippen LogP contribution >= 0.6 is 0 Å². The van der Waals surface area contributed by atoms with Gasteiger partial charge in [0.25, 0.3) is 5.91 Å². The molecule has 3 heterocycles. The maximum Gasteiger partial charge on any atom is 0.271 e. The zero-order valence-corrected chi connectivity index (χ0v) is 13.8. The number of aromatic nitrogens is 2. The Morgan fingerprint density at radius 2 is 2.21 bits per heavy atom. The molecule has 1 amide bonds. The Balaban J connectivity index is 1.41. The highest BCUT2D eigenvalue weighted by Gasteiger charge is 2.28. The van der Waals surface area contributed by atoms with E-state index in [1.165, 1.54) is 32.1 Å². The van der Waals surface area contributed by atoms with E-state index in [0.29, 0.717) is 18.2 Å². The van der Waals surface area contributed by atoms with E-state index >= 15 is 0 Å². The molecule has 2 aromatic rings. The van der Waals surface area contributed by atoms with Crippen molar-refractivity contribution in [3.63, 3.8) is 0 Å². The van der Waals surface area contributed by atoms with Gasteiger partial charge in [-0.15, -0.1) is 0 Å². The molecule has 2 aromatic heterocycles. The van der Waals surface area contributed by atoms with Crippen LogP contribution in [-0.2, 0) is 0 Å². The summed E-state index contributed by atoms with van der Waals surface area (Å²) in [5.74, 6) is 1.37. The summed E-state index contributed by atoms with van der Waals surface area (Å²) in [7, 11) is 0. The van der Waals surface area contributed by atoms with Gasteiger partial charge < -0.3 is 9.73 Å². The van der Waals surface area contributed by atoms with Crippen molar-refractivity contribution in [2.24, 2.45) is 0 Å². The molecule has 2 fully saturated rings. The lowest BCUT2D eigenvalue weighted by atomic mass is 10.1. The first-order valence-corrected chi connectivity index (χ1v) is 8.92. The summed E-state index contributed by atoms with van der Waals surface area (Å²) in [6.45, 7) is 2.64. The monoisotopic (exact) mass is 328 g/mol. The van der Waals surface area contributed by atoms with Crippen LogP contribution in [0.5, 0.6) is 0 Å². The lowest BCUT2D eigenvalue weighted by molar-refractivity contribution is 0.0909. The van der Waals surface area contributed by atoms with Gasteiger partial charge >= 0.3 is 0 Å². The summed E-state index contributed by atoms with van der Waals surface area (Å²) in [4.78, 5) is 14.8. The third kappa shape index (κ3) is 3.38. The zero-order chi connectivity index (χ0) is 16.4. The standard InChI is InChI=1S/C18H24N4O2/c23-18(15-11-14(20-21-15)13-6-7-13)19-12-16(17-5-4-10-24-17)22-8-2-1-3-9-22/h4-5,10-11,13,16H,1-3,6-9,12H2,(H,19,23)(H,20,21). The fourth-order valence-electron chi connectivity index (χ4n) is 3.46. The van der Waals surface area contributed by atoms with Crippen LogP contribution in [0.25, 0.3) is 0 Å². The number of carbonyl (C=O) groups excluding carboxylic acids is 1. The van der Waals surface area contributed by atoms with Gasteiger partial charge in [0.05, 0.1) is 12.3 Å². The van der Waals surface area contributed by atoms with E-state index < -0.39 is 0 Å². The summed E-state index contributed by atoms with van der Waals surface area (Å²) in [5, 5.41) is 10.2. The van der Waals surface area contributed by atoms with Crippen molar-refractivity contribution in [1.82, 2.24) is 20.4 Å². The van der Waals surface area contributed by atoms with Gasteiger partial charge in [-0.25, -0.2) is 0 Å². The quantitative estimate of drug-likeness (QED) is 0.855. The first kappa shape index (κ1) is 15.4. The van der Waals surface area contributed by atoms with E-state index in [4.69, 9.17) is 4.42 Å². The van der Waals surface area contributed by atoms with Gasteiger partial charge in [-0.05, 0) is 57.0 Å². The van der Waals surface area contributed by atoms with Crippen molar-refractivity contribution in [2.75, 3.05) is 19.6 Å². The number of nitrogens with zero attached hydrogens (tertiary/aromatic N) is 2. The van der Waals surface area contributed by atoms with Crippen LogP contribution in [0.2, 0.25) is 0 Å². The van der Waals surface area contributed by atoms with Gasteiger partial charge in [-0.1, -0.05) is 6.42 Å². The Morgan fingerprint density at radius 1 is 1.38 bits per heavy atom. The van der Waals surface area contributed by atoms with Crippen LogP contribution in [0, 0.1) is 0 Å². The third-order valence-electron chi connectivity index (χ3n) is 5.01. The molecule has 0 spiro atoms. The number of amides is 1. The van der Waals surface area contributed by atoms with Crippen LogP contribution in [0.15, 0.2) is 28.9 Å². The number of carbonyl (C=O) groups is 1. The topological polar surface area (TPSA) is 74.2 Å². The summed E-state index contributed by atoms with van der Waals surface area (Å²) >= 11 is 0. The maximum atomic E-state index is 12.4. The van der Waals surface area contributed by atoms with E-state index in [9.17, 15) is 4.79 Å². The Morgan fingerprint density at radius 3 is 2.92 bits per heavy atom. The molecule has 1 saturated heterocycles. The molecule has 1 aliphatic carbocycles. The van der Waals surface area contributed by atoms with E-state index in [2.05, 4.69) is 20.4 Å². The average Bonchev–Trinajstić information content (AvgIpc) is 3.12. The molecule has 2 N–H and O–H groups in total. The molecule has 2 aliphatic rings. The maximum absolute atomic E-state index is 12.4. The van der Waals surface area contributed by atoms with E-state index in [1.807, 2.05) is 18.2 Å². The Labute approximate surface area is 141 Å². The Hall–Kier alpha value is -2.08. The number of nitrogens with one attached hydrogen (secondary N) is 2. The summed E-state index contributed by atoms with van der Waals surface area (Å²) in [5.41, 5.74) is 1.56. The highest BCUT2D eigenvalue weighted by molar-refractivity contribution is 5.92. The van der Waals surface area contributed by atoms with Gasteiger partial charge in [-0.2, -0.15) is 5.10 Å². The molecule has 1 unspecified atom stereocenters. The van der Waals surface area contributed by atoms with Gasteiger partial charge in [0, 0.05) is 18.2 Å². The molecule has 0 radical (unpaired) electrons. The molecule has 128 valence electrons. The minimum Gasteiger partial charge on any atom is -0.468 e. The van der Waals surface area contributed by atoms with Crippen LogP contribution < -0.4 is 5.32 Å². The molecule has 24 heavy (non-hydrogen) atoms. The van der Waals surface area contributed by atoms with Crippen molar-refractivity contribution in [3.05, 3.63) is 41.6 Å². The number of hydrogen-bond acceptors (Lipinski definition) is 4. The van der Waals surface area contributed by atoms with E-state index in [0.717, 1.165) is 24.5 Å². The molecule has 0 bridgehead atoms. The fraction of sp³-hybridized carbons (Fsp3) is 0.556. The van der Waals surface area contributed by atoms with Crippen molar-refractivity contribution in [2.45, 2.75) is 44.1 Å². The zero-order valence-electron chi connectivity index (χ0n) is 13.8. The van der Waals surface area contributed by atoms with Crippen molar-refractivity contribution in [3.8, 4) is 0 Å². The van der Waals surface area contributed by atoms with Gasteiger partial charge in [0.15, 0.2) is 0 Å². The Bertz CT molecular complexity index is 669. The predicted octanol–water partition coefficient (Wildman–Crippen LogP) is 2.84. The SMILES string of the molecule is O=C(NCC(c1ccco1)N1CCCCC1)c1cc(C2CC2)[nH]n1. The lowest BCUT2D eigenvalue weighted by Crippen LogP contribution is -2.40. The molecule has 0 aromatic carbocycles. The van der Waals surface area contributed by atoms with Crippen molar-refractivity contribution >= 4 is 5.91 Å². The fourth-order valence-corrected chi connectivity index (χ4v) is 3.46. The molecule has 1 aliphatic heterocycles. The van der Waals surface area contributed by atoms with Crippen LogP contribution in [-0.4, -0.2) is 40.6 Å². The summed E-state index contributed by atoms with van der Waals surface area (Å²) in [6, 6.07) is 5.87. The van der Waals surface area contributed by atoms with Crippen LogP contribution in [0.3, 0.4) is 0 Å². The molecular weight excluding hydrogens is 304 g/mol. The van der Waals surface area contributed by atoms with Gasteiger partial charge in [0.1, 0.15) is 11.5 Å². The first-order valence-electron chi connectivity index (χ1n) is 8.92. The molecule has 1 atom stereocenters. The number of furan rings is 1. The largest absolute Gasteiger partial charge is 0.468 e. The number of piperidine rings is 1. The van der Waals surface area contributed by atoms with Gasteiger partial charge in [-0.3, -0.25) is 14.8 Å². The molecule has 6 nitrogen and oxygen atoms in total. The lowest BCUT2D eigenvalue weighted by Gasteiger charge is -2.33. The predicted molar refractivity (Wildman–Crippen MR) is 89.8 cm³/mol. The minimum atomic E-state index is -0.119. The summed E-state index contributed by atoms with van der Waals surface area (Å²) in [6.07, 6.45) is 7.77. The minimum absolute atomic E-state index is 0.0890. The smallest absolute Gasteiger partial charge is 0.271 e. The van der Waals surface area contributed by atoms with E-state index in [1.54, 1.807) is 6.26 Å². The number of hydrogen-bond donors (Lipinski definition) is 2. The number of aromatic amines is 1. The van der Waals surface area contributed by atoms with Crippen molar-refractivity contribution < 1.29 is 9.21 Å². The van der Waals surface area contributed by atoms with Crippen LogP contribution in [0.4, 0.5) is 0 Å². The second kappa shape index (κ2) is 6.81. The molecule has 6 heteroatoms. The van der Waals surface area contributed by atoms with Crippen molar-refractivity contribution in [1.29, 1.82) is 0 Å². The number of likely N-dealkylation sites (tertiary alicyclic amines) is 1. The third-order valence-corrected chi connectivity index (χ3v) is 5.01. The number of H-pyrrole nitrogens is 1. The molecule has 1 saturated carbocycles. The first-order chi connectivity index (χ1) is 11.8. The van der Waals surface area contributed by atoms with Crippen LogP contribution in [0.1, 0.15) is 66.0 Å². The molecule has 4 rings (SSSR count). The molecular formula is C18H24N4O2.